The SMILES string of the molecule is C/C=C/CCC1CCC(/C=C/C2CCC(C3CCC(CCCC=C(F)F)CC3)OC2)CC1. The molecule has 0 radical (unpaired) electrons. The summed E-state index contributed by atoms with van der Waals surface area (Å²) < 4.78 is 30.6. The molecule has 0 bridgehead atoms. The molecular formula is C29H46F2O. The fourth-order valence-electron chi connectivity index (χ4n) is 6.26. The molecule has 1 nitrogen and oxygen atoms in total. The Labute approximate surface area is 195 Å². The summed E-state index contributed by atoms with van der Waals surface area (Å²) in [6, 6.07) is 0. The smallest absolute Gasteiger partial charge is 0.266 e. The third kappa shape index (κ3) is 9.12. The lowest BCUT2D eigenvalue weighted by atomic mass is 9.75. The van der Waals surface area contributed by atoms with Gasteiger partial charge in [0.15, 0.2) is 0 Å². The minimum Gasteiger partial charge on any atom is -0.377 e. The molecule has 2 unspecified atom stereocenters. The molecule has 0 amide bonds. The normalized spacial score (nSPS) is 34.2. The molecule has 0 aromatic carbocycles. The zero-order valence-corrected chi connectivity index (χ0v) is 20.3. The van der Waals surface area contributed by atoms with Crippen LogP contribution in [0.25, 0.3) is 0 Å². The minimum absolute atomic E-state index is 0.455. The summed E-state index contributed by atoms with van der Waals surface area (Å²) in [5.74, 6) is 3.80. The third-order valence-electron chi connectivity index (χ3n) is 8.40. The average Bonchev–Trinajstić information content (AvgIpc) is 2.82. The molecule has 32 heavy (non-hydrogen) atoms. The van der Waals surface area contributed by atoms with Crippen LogP contribution >= 0.6 is 0 Å². The number of hydrogen-bond acceptors (Lipinski definition) is 1. The number of hydrogen-bond donors (Lipinski definition) is 0. The number of ether oxygens (including phenoxy) is 1. The number of unbranched alkanes of at least 4 members (excludes halogenated alkanes) is 1. The Morgan fingerprint density at radius 1 is 0.781 bits per heavy atom. The van der Waals surface area contributed by atoms with E-state index >= 15 is 0 Å². The molecule has 3 fully saturated rings. The van der Waals surface area contributed by atoms with Crippen molar-refractivity contribution in [2.45, 2.75) is 109 Å². The zero-order valence-electron chi connectivity index (χ0n) is 20.3. The summed E-state index contributed by atoms with van der Waals surface area (Å²) in [4.78, 5) is 0. The Morgan fingerprint density at radius 3 is 2.09 bits per heavy atom. The van der Waals surface area contributed by atoms with E-state index in [0.717, 1.165) is 49.2 Å². The zero-order chi connectivity index (χ0) is 22.6. The van der Waals surface area contributed by atoms with Gasteiger partial charge in [0.2, 0.25) is 0 Å². The summed E-state index contributed by atoms with van der Waals surface area (Å²) in [6.45, 7) is 3.02. The lowest BCUT2D eigenvalue weighted by Crippen LogP contribution is -2.33. The van der Waals surface area contributed by atoms with Crippen LogP contribution in [0, 0.1) is 29.6 Å². The third-order valence-corrected chi connectivity index (χ3v) is 8.40. The summed E-state index contributed by atoms with van der Waals surface area (Å²) in [5, 5.41) is 0. The van der Waals surface area contributed by atoms with Gasteiger partial charge < -0.3 is 4.74 Å². The first kappa shape index (κ1) is 25.7. The van der Waals surface area contributed by atoms with Crippen molar-refractivity contribution in [3.63, 3.8) is 0 Å². The van der Waals surface area contributed by atoms with E-state index in [2.05, 4.69) is 31.2 Å². The van der Waals surface area contributed by atoms with Crippen LogP contribution in [0.1, 0.15) is 103 Å². The molecule has 3 heteroatoms. The highest BCUT2D eigenvalue weighted by molar-refractivity contribution is 4.97. The quantitative estimate of drug-likeness (QED) is 0.239. The van der Waals surface area contributed by atoms with Crippen molar-refractivity contribution in [1.82, 2.24) is 0 Å². The van der Waals surface area contributed by atoms with Gasteiger partial charge >= 0.3 is 0 Å². The van der Waals surface area contributed by atoms with Gasteiger partial charge in [-0.05, 0) is 114 Å². The standard InChI is InChI=1S/C29H46F2O/c1-2-3-4-7-23-10-12-25(13-11-23)14-15-26-18-21-28(32-22-26)27-19-16-24(17-20-27)8-5-6-9-29(30)31/h2-3,9,14-15,23-28H,4-8,10-13,16-22H2,1H3/b3-2+,15-14+. The number of allylic oxidation sites excluding steroid dienone is 4. The maximum absolute atomic E-state index is 12.1. The van der Waals surface area contributed by atoms with E-state index in [-0.39, 0.29) is 0 Å². The van der Waals surface area contributed by atoms with Gasteiger partial charge in [0.1, 0.15) is 0 Å². The van der Waals surface area contributed by atoms with Crippen LogP contribution in [0.3, 0.4) is 0 Å². The predicted octanol–water partition coefficient (Wildman–Crippen LogP) is 9.26. The van der Waals surface area contributed by atoms with E-state index in [1.165, 1.54) is 77.0 Å². The van der Waals surface area contributed by atoms with Gasteiger partial charge in [0.05, 0.1) is 12.7 Å². The highest BCUT2D eigenvalue weighted by Crippen LogP contribution is 2.38. The van der Waals surface area contributed by atoms with Crippen molar-refractivity contribution in [3.05, 3.63) is 36.5 Å². The van der Waals surface area contributed by atoms with Crippen molar-refractivity contribution < 1.29 is 13.5 Å². The molecule has 0 aromatic heterocycles. The molecule has 2 aliphatic carbocycles. The Bertz CT molecular complexity index is 582. The molecule has 0 aromatic rings. The van der Waals surface area contributed by atoms with Crippen LogP contribution in [0.5, 0.6) is 0 Å². The second-order valence-corrected chi connectivity index (χ2v) is 10.7. The van der Waals surface area contributed by atoms with Crippen molar-refractivity contribution in [3.8, 4) is 0 Å². The van der Waals surface area contributed by atoms with Crippen LogP contribution in [0.4, 0.5) is 8.78 Å². The number of rotatable bonds is 10. The Balaban J connectivity index is 1.27. The van der Waals surface area contributed by atoms with Gasteiger partial charge in [-0.1, -0.05) is 43.6 Å². The first-order valence-electron chi connectivity index (χ1n) is 13.6. The van der Waals surface area contributed by atoms with Crippen LogP contribution in [-0.2, 0) is 4.74 Å². The average molecular weight is 449 g/mol. The first-order valence-corrected chi connectivity index (χ1v) is 13.6. The molecule has 2 atom stereocenters. The first-order chi connectivity index (χ1) is 15.6. The van der Waals surface area contributed by atoms with Gasteiger partial charge in [0, 0.05) is 5.92 Å². The highest BCUT2D eigenvalue weighted by Gasteiger charge is 2.31. The molecular weight excluding hydrogens is 402 g/mol. The molecule has 182 valence electrons. The largest absolute Gasteiger partial charge is 0.377 e. The van der Waals surface area contributed by atoms with E-state index in [4.69, 9.17) is 4.74 Å². The van der Waals surface area contributed by atoms with Gasteiger partial charge in [-0.15, -0.1) is 0 Å². The van der Waals surface area contributed by atoms with Gasteiger partial charge in [-0.2, -0.15) is 8.78 Å². The lowest BCUT2D eigenvalue weighted by Gasteiger charge is -2.37. The van der Waals surface area contributed by atoms with Gasteiger partial charge in [0.25, 0.3) is 6.08 Å². The Kier molecular flexibility index (Phi) is 11.5. The molecule has 3 aliphatic rings. The van der Waals surface area contributed by atoms with Gasteiger partial charge in [-0.3, -0.25) is 0 Å². The second kappa shape index (κ2) is 14.3. The van der Waals surface area contributed by atoms with E-state index in [0.29, 0.717) is 18.4 Å². The fraction of sp³-hybridized carbons (Fsp3) is 0.793. The van der Waals surface area contributed by atoms with E-state index in [1.807, 2.05) is 0 Å². The Hall–Kier alpha value is -0.960. The van der Waals surface area contributed by atoms with Crippen LogP contribution in [0.15, 0.2) is 36.5 Å². The van der Waals surface area contributed by atoms with Crippen LogP contribution in [-0.4, -0.2) is 12.7 Å². The van der Waals surface area contributed by atoms with Crippen molar-refractivity contribution >= 4 is 0 Å². The topological polar surface area (TPSA) is 9.23 Å². The maximum atomic E-state index is 12.1. The second-order valence-electron chi connectivity index (χ2n) is 10.7. The van der Waals surface area contributed by atoms with Crippen LogP contribution in [0.2, 0.25) is 0 Å². The van der Waals surface area contributed by atoms with Crippen LogP contribution < -0.4 is 0 Å². The molecule has 2 saturated carbocycles. The highest BCUT2D eigenvalue weighted by atomic mass is 19.3. The fourth-order valence-corrected chi connectivity index (χ4v) is 6.26. The minimum atomic E-state index is -1.53. The Morgan fingerprint density at radius 2 is 1.44 bits per heavy atom. The summed E-state index contributed by atoms with van der Waals surface area (Å²) in [5.41, 5.74) is 0. The summed E-state index contributed by atoms with van der Waals surface area (Å²) in [7, 11) is 0. The van der Waals surface area contributed by atoms with E-state index in [9.17, 15) is 8.78 Å². The van der Waals surface area contributed by atoms with Crippen molar-refractivity contribution in [1.29, 1.82) is 0 Å². The van der Waals surface area contributed by atoms with Gasteiger partial charge in [-0.25, -0.2) is 0 Å². The number of halogens is 2. The van der Waals surface area contributed by atoms with E-state index in [1.54, 1.807) is 0 Å². The molecule has 0 spiro atoms. The molecule has 0 N–H and O–H groups in total. The molecule has 1 heterocycles. The monoisotopic (exact) mass is 448 g/mol. The van der Waals surface area contributed by atoms with Crippen molar-refractivity contribution in [2.24, 2.45) is 29.6 Å². The van der Waals surface area contributed by atoms with Crippen molar-refractivity contribution in [2.75, 3.05) is 6.61 Å². The summed E-state index contributed by atoms with van der Waals surface area (Å²) in [6.07, 6.45) is 27.7. The maximum Gasteiger partial charge on any atom is 0.266 e. The predicted molar refractivity (Wildman–Crippen MR) is 131 cm³/mol. The van der Waals surface area contributed by atoms with E-state index < -0.39 is 6.08 Å². The molecule has 3 rings (SSSR count). The summed E-state index contributed by atoms with van der Waals surface area (Å²) >= 11 is 0. The molecule has 1 saturated heterocycles. The molecule has 1 aliphatic heterocycles. The lowest BCUT2D eigenvalue weighted by molar-refractivity contribution is -0.0494.